The Labute approximate surface area is 168 Å². The van der Waals surface area contributed by atoms with Crippen LogP contribution in [0.1, 0.15) is 23.5 Å². The Kier molecular flexibility index (Phi) is 3.91. The highest BCUT2D eigenvalue weighted by Gasteiger charge is 2.63. The van der Waals surface area contributed by atoms with Crippen molar-refractivity contribution in [3.8, 4) is 5.75 Å². The summed E-state index contributed by atoms with van der Waals surface area (Å²) in [6.45, 7) is 0. The van der Waals surface area contributed by atoms with Gasteiger partial charge in [0.05, 0.1) is 19.2 Å². The number of nitrogens with zero attached hydrogens (tertiary/aromatic N) is 1. The van der Waals surface area contributed by atoms with Crippen LogP contribution in [0.3, 0.4) is 0 Å². The molecule has 2 atom stereocenters. The molecule has 144 valence electrons. The number of benzene rings is 3. The van der Waals surface area contributed by atoms with Crippen LogP contribution in [-0.2, 0) is 19.9 Å². The molecule has 0 aliphatic carbocycles. The molecule has 1 saturated heterocycles. The minimum absolute atomic E-state index is 0.167. The van der Waals surface area contributed by atoms with Gasteiger partial charge in [0.25, 0.3) is 5.91 Å². The number of fused-ring (bicyclic) bond motifs is 2. The molecular weight excluding hydrogens is 366 g/mol. The molecule has 1 spiro atoms. The van der Waals surface area contributed by atoms with Crippen LogP contribution in [-0.4, -0.2) is 19.0 Å². The summed E-state index contributed by atoms with van der Waals surface area (Å²) in [5.74, 6) is -0.284. The zero-order valence-electron chi connectivity index (χ0n) is 15.9. The lowest BCUT2D eigenvalue weighted by Crippen LogP contribution is -2.42. The van der Waals surface area contributed by atoms with Crippen molar-refractivity contribution in [1.82, 2.24) is 0 Å². The number of hydrogen-bond acceptors (Lipinski definition) is 4. The van der Waals surface area contributed by atoms with Gasteiger partial charge in [0.2, 0.25) is 5.60 Å². The minimum Gasteiger partial charge on any atom is -0.497 e. The number of esters is 1. The van der Waals surface area contributed by atoms with Crippen LogP contribution in [0.25, 0.3) is 0 Å². The average Bonchev–Trinajstić information content (AvgIpc) is 3.24. The van der Waals surface area contributed by atoms with Crippen LogP contribution < -0.4 is 9.64 Å². The topological polar surface area (TPSA) is 55.8 Å². The van der Waals surface area contributed by atoms with Gasteiger partial charge in [-0.3, -0.25) is 14.5 Å². The number of ether oxygens (including phenoxy) is 2. The van der Waals surface area contributed by atoms with Crippen LogP contribution in [0.2, 0.25) is 0 Å². The second kappa shape index (κ2) is 6.48. The van der Waals surface area contributed by atoms with Crippen molar-refractivity contribution in [3.05, 3.63) is 90.0 Å². The molecule has 2 aliphatic rings. The Hall–Kier alpha value is -3.60. The standard InChI is InChI=1S/C24H19NO4/c1-28-18-13-11-17(12-14-18)25-21-10-6-5-9-19(21)24(23(25)27)20(15-22(26)29-24)16-7-3-2-4-8-16/h2-14,20H,15H2,1H3. The van der Waals surface area contributed by atoms with Crippen LogP contribution in [0.4, 0.5) is 11.4 Å². The van der Waals surface area contributed by atoms with Crippen LogP contribution >= 0.6 is 0 Å². The molecule has 0 saturated carbocycles. The molecule has 3 aromatic rings. The Bertz CT molecular complexity index is 1090. The van der Waals surface area contributed by atoms with Gasteiger partial charge in [-0.25, -0.2) is 0 Å². The summed E-state index contributed by atoms with van der Waals surface area (Å²) in [6.07, 6.45) is 0.167. The van der Waals surface area contributed by atoms with Gasteiger partial charge in [-0.15, -0.1) is 0 Å². The molecule has 0 N–H and O–H groups in total. The van der Waals surface area contributed by atoms with E-state index in [1.165, 1.54) is 0 Å². The molecule has 5 nitrogen and oxygen atoms in total. The first-order chi connectivity index (χ1) is 14.1. The van der Waals surface area contributed by atoms with Crippen molar-refractivity contribution in [2.75, 3.05) is 12.0 Å². The first-order valence-corrected chi connectivity index (χ1v) is 9.50. The van der Waals surface area contributed by atoms with Gasteiger partial charge in [-0.2, -0.15) is 0 Å². The first-order valence-electron chi connectivity index (χ1n) is 9.50. The fraction of sp³-hybridized carbons (Fsp3) is 0.167. The van der Waals surface area contributed by atoms with Crippen molar-refractivity contribution in [2.24, 2.45) is 0 Å². The smallest absolute Gasteiger partial charge is 0.308 e. The number of carbonyl (C=O) groups is 2. The van der Waals surface area contributed by atoms with E-state index in [4.69, 9.17) is 9.47 Å². The maximum atomic E-state index is 13.9. The van der Waals surface area contributed by atoms with Crippen molar-refractivity contribution in [3.63, 3.8) is 0 Å². The summed E-state index contributed by atoms with van der Waals surface area (Å²) in [7, 11) is 1.60. The van der Waals surface area contributed by atoms with Crippen LogP contribution in [0, 0.1) is 0 Å². The van der Waals surface area contributed by atoms with E-state index in [0.717, 1.165) is 16.8 Å². The second-order valence-corrected chi connectivity index (χ2v) is 7.23. The SMILES string of the molecule is COc1ccc(N2C(=O)C3(OC(=O)CC3c3ccccc3)c3ccccc32)cc1. The van der Waals surface area contributed by atoms with E-state index < -0.39 is 5.60 Å². The third-order valence-corrected chi connectivity index (χ3v) is 5.73. The Morgan fingerprint density at radius 1 is 0.931 bits per heavy atom. The highest BCUT2D eigenvalue weighted by Crippen LogP contribution is 2.57. The summed E-state index contributed by atoms with van der Waals surface area (Å²) in [5.41, 5.74) is 1.72. The molecule has 2 unspecified atom stereocenters. The maximum absolute atomic E-state index is 13.9. The number of carbonyl (C=O) groups excluding carboxylic acids is 2. The van der Waals surface area contributed by atoms with Gasteiger partial charge in [0, 0.05) is 17.2 Å². The molecule has 5 rings (SSSR count). The van der Waals surface area contributed by atoms with Crippen LogP contribution in [0.5, 0.6) is 5.75 Å². The van der Waals surface area contributed by atoms with E-state index in [0.29, 0.717) is 11.4 Å². The van der Waals surface area contributed by atoms with Crippen LogP contribution in [0.15, 0.2) is 78.9 Å². The summed E-state index contributed by atoms with van der Waals surface area (Å²) in [6, 6.07) is 24.5. The number of para-hydroxylation sites is 1. The molecule has 1 fully saturated rings. The fourth-order valence-electron chi connectivity index (χ4n) is 4.44. The van der Waals surface area contributed by atoms with Crippen molar-refractivity contribution >= 4 is 23.3 Å². The van der Waals surface area contributed by atoms with E-state index in [9.17, 15) is 9.59 Å². The molecule has 1 amide bonds. The lowest BCUT2D eigenvalue weighted by Gasteiger charge is -2.29. The van der Waals surface area contributed by atoms with Crippen molar-refractivity contribution in [1.29, 1.82) is 0 Å². The van der Waals surface area contributed by atoms with Crippen molar-refractivity contribution < 1.29 is 19.1 Å². The van der Waals surface area contributed by atoms with E-state index >= 15 is 0 Å². The zero-order valence-corrected chi connectivity index (χ0v) is 15.9. The lowest BCUT2D eigenvalue weighted by molar-refractivity contribution is -0.157. The summed E-state index contributed by atoms with van der Waals surface area (Å²) in [4.78, 5) is 28.0. The average molecular weight is 385 g/mol. The predicted molar refractivity (Wildman–Crippen MR) is 108 cm³/mol. The van der Waals surface area contributed by atoms with Gasteiger partial charge in [0.1, 0.15) is 5.75 Å². The lowest BCUT2D eigenvalue weighted by atomic mass is 9.78. The quantitative estimate of drug-likeness (QED) is 0.631. The van der Waals surface area contributed by atoms with E-state index in [1.54, 1.807) is 12.0 Å². The van der Waals surface area contributed by atoms with Gasteiger partial charge in [-0.05, 0) is 35.9 Å². The van der Waals surface area contributed by atoms with Crippen molar-refractivity contribution in [2.45, 2.75) is 17.9 Å². The summed E-state index contributed by atoms with van der Waals surface area (Å²) >= 11 is 0. The summed E-state index contributed by atoms with van der Waals surface area (Å²) < 4.78 is 11.1. The molecule has 3 aromatic carbocycles. The Morgan fingerprint density at radius 2 is 1.62 bits per heavy atom. The van der Waals surface area contributed by atoms with Gasteiger partial charge in [-0.1, -0.05) is 48.5 Å². The number of anilines is 2. The zero-order chi connectivity index (χ0) is 20.0. The molecule has 0 bridgehead atoms. The normalized spacial score (nSPS) is 22.7. The maximum Gasteiger partial charge on any atom is 0.308 e. The predicted octanol–water partition coefficient (Wildman–Crippen LogP) is 4.30. The fourth-order valence-corrected chi connectivity index (χ4v) is 4.44. The molecule has 5 heteroatoms. The molecular formula is C24H19NO4. The molecule has 2 aliphatic heterocycles. The summed E-state index contributed by atoms with van der Waals surface area (Å²) in [5, 5.41) is 0. The second-order valence-electron chi connectivity index (χ2n) is 7.23. The largest absolute Gasteiger partial charge is 0.497 e. The van der Waals surface area contributed by atoms with E-state index in [2.05, 4.69) is 0 Å². The molecule has 0 aromatic heterocycles. The number of rotatable bonds is 3. The van der Waals surface area contributed by atoms with Gasteiger partial charge < -0.3 is 9.47 Å². The molecule has 0 radical (unpaired) electrons. The molecule has 2 heterocycles. The highest BCUT2D eigenvalue weighted by atomic mass is 16.6. The van der Waals surface area contributed by atoms with Gasteiger partial charge in [0.15, 0.2) is 0 Å². The number of hydrogen-bond donors (Lipinski definition) is 0. The number of amides is 1. The molecule has 29 heavy (non-hydrogen) atoms. The Morgan fingerprint density at radius 3 is 2.34 bits per heavy atom. The minimum atomic E-state index is -1.35. The third-order valence-electron chi connectivity index (χ3n) is 5.73. The highest BCUT2D eigenvalue weighted by molar-refractivity contribution is 6.14. The third kappa shape index (κ3) is 2.47. The van der Waals surface area contributed by atoms with E-state index in [-0.39, 0.29) is 24.2 Å². The van der Waals surface area contributed by atoms with E-state index in [1.807, 2.05) is 78.9 Å². The monoisotopic (exact) mass is 385 g/mol. The van der Waals surface area contributed by atoms with Gasteiger partial charge >= 0.3 is 5.97 Å². The Balaban J connectivity index is 1.69. The first kappa shape index (κ1) is 17.5. The number of methoxy groups -OCH3 is 1.